The molecule has 6 heteroatoms. The molecular formula is C17H16N4OS. The molecule has 0 aliphatic rings. The molecule has 1 amide bonds. The van der Waals surface area contributed by atoms with Gasteiger partial charge in [-0.1, -0.05) is 6.07 Å². The molecule has 3 aromatic rings. The first-order valence-corrected chi connectivity index (χ1v) is 8.01. The number of anilines is 3. The summed E-state index contributed by atoms with van der Waals surface area (Å²) in [6, 6.07) is 9.56. The Kier molecular flexibility index (Phi) is 4.34. The highest BCUT2D eigenvalue weighted by molar-refractivity contribution is 7.14. The average Bonchev–Trinajstić information content (AvgIpc) is 3.00. The number of thiazole rings is 1. The molecule has 3 rings (SSSR count). The highest BCUT2D eigenvalue weighted by atomic mass is 32.1. The fourth-order valence-corrected chi connectivity index (χ4v) is 2.72. The highest BCUT2D eigenvalue weighted by Gasteiger charge is 2.11. The van der Waals surface area contributed by atoms with Gasteiger partial charge in [0.05, 0.1) is 11.9 Å². The van der Waals surface area contributed by atoms with Crippen molar-refractivity contribution in [1.82, 2.24) is 9.97 Å². The van der Waals surface area contributed by atoms with E-state index in [9.17, 15) is 4.79 Å². The number of benzene rings is 1. The van der Waals surface area contributed by atoms with Gasteiger partial charge in [0, 0.05) is 17.3 Å². The van der Waals surface area contributed by atoms with Gasteiger partial charge in [-0.3, -0.25) is 9.78 Å². The molecule has 0 aliphatic heterocycles. The minimum absolute atomic E-state index is 0.219. The van der Waals surface area contributed by atoms with E-state index in [1.807, 2.05) is 44.2 Å². The smallest absolute Gasteiger partial charge is 0.275 e. The Balaban J connectivity index is 1.69. The van der Waals surface area contributed by atoms with Crippen molar-refractivity contribution < 1.29 is 4.79 Å². The van der Waals surface area contributed by atoms with Gasteiger partial charge in [0.1, 0.15) is 5.69 Å². The molecule has 2 N–H and O–H groups in total. The van der Waals surface area contributed by atoms with E-state index in [0.29, 0.717) is 10.8 Å². The van der Waals surface area contributed by atoms with Crippen molar-refractivity contribution >= 4 is 33.8 Å². The van der Waals surface area contributed by atoms with Crippen LogP contribution in [0.15, 0.2) is 48.1 Å². The van der Waals surface area contributed by atoms with Crippen molar-refractivity contribution in [2.75, 3.05) is 10.6 Å². The maximum atomic E-state index is 12.3. The lowest BCUT2D eigenvalue weighted by Crippen LogP contribution is -2.12. The summed E-state index contributed by atoms with van der Waals surface area (Å²) in [4.78, 5) is 20.6. The second-order valence-electron chi connectivity index (χ2n) is 5.16. The third-order valence-corrected chi connectivity index (χ3v) is 4.17. The Labute approximate surface area is 138 Å². The predicted octanol–water partition coefficient (Wildman–Crippen LogP) is 4.15. The lowest BCUT2D eigenvalue weighted by Gasteiger charge is -2.06. The van der Waals surface area contributed by atoms with Crippen LogP contribution in [0, 0.1) is 13.8 Å². The molecule has 116 valence electrons. The lowest BCUT2D eigenvalue weighted by molar-refractivity contribution is 0.102. The fourth-order valence-electron chi connectivity index (χ4n) is 2.01. The number of carbonyl (C=O) groups is 1. The van der Waals surface area contributed by atoms with Gasteiger partial charge < -0.3 is 10.6 Å². The van der Waals surface area contributed by atoms with E-state index in [1.54, 1.807) is 17.8 Å². The van der Waals surface area contributed by atoms with E-state index in [-0.39, 0.29) is 5.91 Å². The number of nitrogens with one attached hydrogen (secondary N) is 2. The number of pyridine rings is 1. The van der Waals surface area contributed by atoms with Crippen LogP contribution in [0.5, 0.6) is 0 Å². The monoisotopic (exact) mass is 324 g/mol. The van der Waals surface area contributed by atoms with Crippen molar-refractivity contribution in [3.63, 3.8) is 0 Å². The van der Waals surface area contributed by atoms with Crippen molar-refractivity contribution in [2.45, 2.75) is 13.8 Å². The number of hydrogen-bond donors (Lipinski definition) is 2. The van der Waals surface area contributed by atoms with Crippen LogP contribution < -0.4 is 10.6 Å². The molecule has 23 heavy (non-hydrogen) atoms. The Hall–Kier alpha value is -2.73. The quantitative estimate of drug-likeness (QED) is 0.756. The van der Waals surface area contributed by atoms with Gasteiger partial charge in [-0.15, -0.1) is 11.3 Å². The van der Waals surface area contributed by atoms with E-state index >= 15 is 0 Å². The number of amides is 1. The van der Waals surface area contributed by atoms with E-state index in [0.717, 1.165) is 16.9 Å². The van der Waals surface area contributed by atoms with Crippen molar-refractivity contribution in [3.8, 4) is 0 Å². The molecule has 2 aromatic heterocycles. The Morgan fingerprint density at radius 1 is 1.13 bits per heavy atom. The standard InChI is InChI=1S/C17H16N4OS/c1-11-5-6-13(8-12(11)2)19-16(22)15-10-23-17(21-15)20-14-4-3-7-18-9-14/h3-10H,1-2H3,(H,19,22)(H,20,21). The van der Waals surface area contributed by atoms with Crippen LogP contribution in [-0.2, 0) is 0 Å². The second-order valence-corrected chi connectivity index (χ2v) is 6.02. The van der Waals surface area contributed by atoms with Crippen LogP contribution in [0.4, 0.5) is 16.5 Å². The molecule has 0 saturated heterocycles. The molecule has 0 bridgehead atoms. The van der Waals surface area contributed by atoms with E-state index in [1.165, 1.54) is 16.9 Å². The van der Waals surface area contributed by atoms with E-state index in [2.05, 4.69) is 20.6 Å². The van der Waals surface area contributed by atoms with Gasteiger partial charge >= 0.3 is 0 Å². The lowest BCUT2D eigenvalue weighted by atomic mass is 10.1. The SMILES string of the molecule is Cc1ccc(NC(=O)c2csc(Nc3cccnc3)n2)cc1C. The topological polar surface area (TPSA) is 66.9 Å². The molecule has 0 fully saturated rings. The molecular weight excluding hydrogens is 308 g/mol. The molecule has 0 unspecified atom stereocenters. The van der Waals surface area contributed by atoms with Crippen LogP contribution in [0.25, 0.3) is 0 Å². The van der Waals surface area contributed by atoms with E-state index < -0.39 is 0 Å². The summed E-state index contributed by atoms with van der Waals surface area (Å²) >= 11 is 1.38. The molecule has 0 saturated carbocycles. The summed E-state index contributed by atoms with van der Waals surface area (Å²) < 4.78 is 0. The zero-order valence-corrected chi connectivity index (χ0v) is 13.6. The molecule has 0 radical (unpaired) electrons. The zero-order valence-electron chi connectivity index (χ0n) is 12.8. The molecule has 5 nitrogen and oxygen atoms in total. The van der Waals surface area contributed by atoms with Gasteiger partial charge in [-0.2, -0.15) is 0 Å². The third kappa shape index (κ3) is 3.73. The van der Waals surface area contributed by atoms with Crippen LogP contribution in [-0.4, -0.2) is 15.9 Å². The maximum absolute atomic E-state index is 12.3. The number of carbonyl (C=O) groups excluding carboxylic acids is 1. The second kappa shape index (κ2) is 6.58. The maximum Gasteiger partial charge on any atom is 0.275 e. The molecule has 0 atom stereocenters. The molecule has 0 spiro atoms. The third-order valence-electron chi connectivity index (χ3n) is 3.41. The summed E-state index contributed by atoms with van der Waals surface area (Å²) in [7, 11) is 0. The first-order valence-electron chi connectivity index (χ1n) is 7.13. The molecule has 0 aliphatic carbocycles. The Morgan fingerprint density at radius 3 is 2.74 bits per heavy atom. The Bertz CT molecular complexity index is 830. The first kappa shape index (κ1) is 15.2. The summed E-state index contributed by atoms with van der Waals surface area (Å²) in [6.45, 7) is 4.06. The van der Waals surface area contributed by atoms with Gasteiger partial charge in [-0.25, -0.2) is 4.98 Å². The number of nitrogens with zero attached hydrogens (tertiary/aromatic N) is 2. The number of aryl methyl sites for hydroxylation is 2. The van der Waals surface area contributed by atoms with Gasteiger partial charge in [0.15, 0.2) is 5.13 Å². The highest BCUT2D eigenvalue weighted by Crippen LogP contribution is 2.21. The van der Waals surface area contributed by atoms with Gasteiger partial charge in [-0.05, 0) is 49.2 Å². The van der Waals surface area contributed by atoms with Crippen LogP contribution >= 0.6 is 11.3 Å². The fraction of sp³-hybridized carbons (Fsp3) is 0.118. The summed E-state index contributed by atoms with van der Waals surface area (Å²) in [5.41, 5.74) is 4.33. The van der Waals surface area contributed by atoms with Crippen LogP contribution in [0.1, 0.15) is 21.6 Å². The van der Waals surface area contributed by atoms with Gasteiger partial charge in [0.2, 0.25) is 0 Å². The van der Waals surface area contributed by atoms with Crippen molar-refractivity contribution in [1.29, 1.82) is 0 Å². The predicted molar refractivity (Wildman–Crippen MR) is 93.5 cm³/mol. The number of rotatable bonds is 4. The number of aromatic nitrogens is 2. The largest absolute Gasteiger partial charge is 0.330 e. The van der Waals surface area contributed by atoms with Crippen LogP contribution in [0.2, 0.25) is 0 Å². The average molecular weight is 324 g/mol. The normalized spacial score (nSPS) is 10.3. The Morgan fingerprint density at radius 2 is 2.00 bits per heavy atom. The summed E-state index contributed by atoms with van der Waals surface area (Å²) in [5.74, 6) is -0.219. The molecule has 1 aromatic carbocycles. The van der Waals surface area contributed by atoms with Crippen molar-refractivity contribution in [3.05, 3.63) is 64.9 Å². The summed E-state index contributed by atoms with van der Waals surface area (Å²) in [6.07, 6.45) is 3.41. The van der Waals surface area contributed by atoms with Crippen LogP contribution in [0.3, 0.4) is 0 Å². The van der Waals surface area contributed by atoms with Crippen molar-refractivity contribution in [2.24, 2.45) is 0 Å². The zero-order chi connectivity index (χ0) is 16.2. The van der Waals surface area contributed by atoms with E-state index in [4.69, 9.17) is 0 Å². The number of hydrogen-bond acceptors (Lipinski definition) is 5. The summed E-state index contributed by atoms with van der Waals surface area (Å²) in [5, 5.41) is 8.38. The van der Waals surface area contributed by atoms with Gasteiger partial charge in [0.25, 0.3) is 5.91 Å². The molecule has 2 heterocycles. The first-order chi connectivity index (χ1) is 11.1. The minimum atomic E-state index is -0.219. The minimum Gasteiger partial charge on any atom is -0.330 e.